The van der Waals surface area contributed by atoms with Crippen LogP contribution in [0, 0.1) is 5.92 Å². The number of nitrogens with one attached hydrogen (secondary N) is 1. The molecule has 1 unspecified atom stereocenters. The third kappa shape index (κ3) is 3.70. The average Bonchev–Trinajstić information content (AvgIpc) is 3.20. The number of halogens is 1. The van der Waals surface area contributed by atoms with Crippen LogP contribution in [0.5, 0.6) is 0 Å². The molecular formula is C13H20ClN3O2. The maximum Gasteiger partial charge on any atom is 0.291 e. The summed E-state index contributed by atoms with van der Waals surface area (Å²) < 4.78 is 1.48. The second-order valence-electron chi connectivity index (χ2n) is 5.06. The molecule has 6 heteroatoms. The zero-order chi connectivity index (χ0) is 13.8. The van der Waals surface area contributed by atoms with Gasteiger partial charge in [-0.2, -0.15) is 5.10 Å². The number of rotatable bonds is 7. The zero-order valence-corrected chi connectivity index (χ0v) is 11.9. The van der Waals surface area contributed by atoms with Crippen LogP contribution < -0.4 is 10.9 Å². The molecule has 0 aliphatic heterocycles. The third-order valence-electron chi connectivity index (χ3n) is 3.44. The fraction of sp³-hybridized carbons (Fsp3) is 0.692. The van der Waals surface area contributed by atoms with Gasteiger partial charge in [-0.3, -0.25) is 4.79 Å². The van der Waals surface area contributed by atoms with E-state index in [4.69, 9.17) is 16.7 Å². The Balaban J connectivity index is 2.19. The molecule has 1 aliphatic rings. The summed E-state index contributed by atoms with van der Waals surface area (Å²) in [5.74, 6) is 0.582. The Morgan fingerprint density at radius 2 is 2.37 bits per heavy atom. The number of aromatic nitrogens is 2. The van der Waals surface area contributed by atoms with Gasteiger partial charge in [0.05, 0.1) is 11.2 Å². The van der Waals surface area contributed by atoms with Gasteiger partial charge in [0.25, 0.3) is 5.56 Å². The maximum absolute atomic E-state index is 12.3. The summed E-state index contributed by atoms with van der Waals surface area (Å²) >= 11 is 6.05. The Morgan fingerprint density at radius 3 is 2.95 bits per heavy atom. The molecule has 2 rings (SSSR count). The number of nitrogens with zero attached hydrogens (tertiary/aromatic N) is 2. The highest BCUT2D eigenvalue weighted by Gasteiger charge is 2.24. The molecule has 1 aromatic rings. The van der Waals surface area contributed by atoms with Crippen molar-refractivity contribution in [2.45, 2.75) is 45.2 Å². The first kappa shape index (κ1) is 14.3. The van der Waals surface area contributed by atoms with Crippen LogP contribution in [0.4, 0.5) is 5.69 Å². The standard InChI is InChI=1S/C13H20ClN3O2/c1-2-10(5-6-18)16-12-11(14)7-15-17(13(12)19)8-9-3-4-9/h7,9-10,16,18H,2-6,8H2,1H3. The second-order valence-corrected chi connectivity index (χ2v) is 5.47. The van der Waals surface area contributed by atoms with Crippen molar-refractivity contribution in [2.24, 2.45) is 5.92 Å². The molecule has 0 bridgehead atoms. The summed E-state index contributed by atoms with van der Waals surface area (Å²) in [5.41, 5.74) is 0.230. The zero-order valence-electron chi connectivity index (χ0n) is 11.1. The fourth-order valence-corrected chi connectivity index (χ4v) is 2.19. The van der Waals surface area contributed by atoms with E-state index in [2.05, 4.69) is 10.4 Å². The van der Waals surface area contributed by atoms with Gasteiger partial charge in [0, 0.05) is 19.2 Å². The molecule has 0 radical (unpaired) electrons. The van der Waals surface area contributed by atoms with Crippen LogP contribution in [-0.4, -0.2) is 27.5 Å². The summed E-state index contributed by atoms with van der Waals surface area (Å²) in [5, 5.41) is 16.6. The van der Waals surface area contributed by atoms with Crippen LogP contribution in [0.25, 0.3) is 0 Å². The fourth-order valence-electron chi connectivity index (χ4n) is 2.01. The Kier molecular flexibility index (Phi) is 4.82. The molecule has 1 heterocycles. The van der Waals surface area contributed by atoms with Crippen LogP contribution in [0.3, 0.4) is 0 Å². The monoisotopic (exact) mass is 285 g/mol. The summed E-state index contributed by atoms with van der Waals surface area (Å²) in [6, 6.07) is 0.0481. The Morgan fingerprint density at radius 1 is 1.63 bits per heavy atom. The van der Waals surface area contributed by atoms with Gasteiger partial charge in [-0.25, -0.2) is 4.68 Å². The summed E-state index contributed by atoms with van der Waals surface area (Å²) in [7, 11) is 0. The summed E-state index contributed by atoms with van der Waals surface area (Å²) in [6.45, 7) is 2.76. The summed E-state index contributed by atoms with van der Waals surface area (Å²) in [4.78, 5) is 12.3. The Hall–Kier alpha value is -1.07. The molecule has 0 spiro atoms. The van der Waals surface area contributed by atoms with E-state index in [9.17, 15) is 4.79 Å². The van der Waals surface area contributed by atoms with Gasteiger partial charge < -0.3 is 10.4 Å². The van der Waals surface area contributed by atoms with E-state index in [1.807, 2.05) is 6.92 Å². The van der Waals surface area contributed by atoms with E-state index in [1.165, 1.54) is 23.7 Å². The lowest BCUT2D eigenvalue weighted by atomic mass is 10.1. The molecular weight excluding hydrogens is 266 g/mol. The van der Waals surface area contributed by atoms with Crippen molar-refractivity contribution in [1.29, 1.82) is 0 Å². The normalized spacial score (nSPS) is 16.4. The first-order valence-corrected chi connectivity index (χ1v) is 7.16. The second kappa shape index (κ2) is 6.39. The Bertz CT molecular complexity index is 485. The van der Waals surface area contributed by atoms with Crippen LogP contribution in [-0.2, 0) is 6.54 Å². The van der Waals surface area contributed by atoms with Gasteiger partial charge >= 0.3 is 0 Å². The van der Waals surface area contributed by atoms with Gasteiger partial charge in [-0.15, -0.1) is 0 Å². The molecule has 1 aliphatic carbocycles. The van der Waals surface area contributed by atoms with Crippen LogP contribution in [0.1, 0.15) is 32.6 Å². The lowest BCUT2D eigenvalue weighted by Gasteiger charge is -2.18. The molecule has 0 amide bonds. The topological polar surface area (TPSA) is 67.2 Å². The highest BCUT2D eigenvalue weighted by atomic mass is 35.5. The molecule has 0 aromatic carbocycles. The molecule has 19 heavy (non-hydrogen) atoms. The minimum atomic E-state index is -0.171. The van der Waals surface area contributed by atoms with Crippen molar-refractivity contribution in [3.8, 4) is 0 Å². The maximum atomic E-state index is 12.3. The molecule has 5 nitrogen and oxygen atoms in total. The molecule has 0 saturated heterocycles. The molecule has 1 aromatic heterocycles. The van der Waals surface area contributed by atoms with Crippen LogP contribution in [0.2, 0.25) is 5.02 Å². The van der Waals surface area contributed by atoms with E-state index in [-0.39, 0.29) is 18.2 Å². The van der Waals surface area contributed by atoms with Crippen molar-refractivity contribution < 1.29 is 5.11 Å². The van der Waals surface area contributed by atoms with Gasteiger partial charge in [-0.05, 0) is 31.6 Å². The minimum Gasteiger partial charge on any atom is -0.396 e. The number of aliphatic hydroxyl groups excluding tert-OH is 1. The smallest absolute Gasteiger partial charge is 0.291 e. The van der Waals surface area contributed by atoms with E-state index in [1.54, 1.807) is 0 Å². The number of anilines is 1. The number of aliphatic hydroxyl groups is 1. The Labute approximate surface area is 117 Å². The number of hydrogen-bond acceptors (Lipinski definition) is 4. The lowest BCUT2D eigenvalue weighted by Crippen LogP contribution is -2.30. The predicted molar refractivity (Wildman–Crippen MR) is 75.6 cm³/mol. The first-order valence-electron chi connectivity index (χ1n) is 6.78. The predicted octanol–water partition coefficient (Wildman–Crippen LogP) is 1.88. The SMILES string of the molecule is CCC(CCO)Nc1c(Cl)cnn(CC2CC2)c1=O. The van der Waals surface area contributed by atoms with Crippen molar-refractivity contribution in [3.63, 3.8) is 0 Å². The molecule has 1 saturated carbocycles. The molecule has 2 N–H and O–H groups in total. The molecule has 106 valence electrons. The van der Waals surface area contributed by atoms with Crippen molar-refractivity contribution in [2.75, 3.05) is 11.9 Å². The highest BCUT2D eigenvalue weighted by molar-refractivity contribution is 6.33. The van der Waals surface area contributed by atoms with Crippen LogP contribution >= 0.6 is 11.6 Å². The van der Waals surface area contributed by atoms with Crippen molar-refractivity contribution >= 4 is 17.3 Å². The lowest BCUT2D eigenvalue weighted by molar-refractivity contribution is 0.278. The first-order chi connectivity index (χ1) is 9.15. The van der Waals surface area contributed by atoms with Gasteiger partial charge in [0.1, 0.15) is 5.69 Å². The largest absolute Gasteiger partial charge is 0.396 e. The van der Waals surface area contributed by atoms with E-state index >= 15 is 0 Å². The average molecular weight is 286 g/mol. The van der Waals surface area contributed by atoms with E-state index in [0.717, 1.165) is 6.42 Å². The van der Waals surface area contributed by atoms with Crippen LogP contribution in [0.15, 0.2) is 11.0 Å². The van der Waals surface area contributed by atoms with Gasteiger partial charge in [0.15, 0.2) is 0 Å². The van der Waals surface area contributed by atoms with E-state index in [0.29, 0.717) is 29.6 Å². The van der Waals surface area contributed by atoms with Crippen molar-refractivity contribution in [3.05, 3.63) is 21.6 Å². The van der Waals surface area contributed by atoms with Gasteiger partial charge in [0.2, 0.25) is 0 Å². The van der Waals surface area contributed by atoms with E-state index < -0.39 is 0 Å². The van der Waals surface area contributed by atoms with Crippen molar-refractivity contribution in [1.82, 2.24) is 9.78 Å². The number of hydrogen-bond donors (Lipinski definition) is 2. The summed E-state index contributed by atoms with van der Waals surface area (Å²) in [6.07, 6.45) is 5.26. The molecule has 1 atom stereocenters. The highest BCUT2D eigenvalue weighted by Crippen LogP contribution is 2.30. The van der Waals surface area contributed by atoms with Gasteiger partial charge in [-0.1, -0.05) is 18.5 Å². The quantitative estimate of drug-likeness (QED) is 0.803. The third-order valence-corrected chi connectivity index (χ3v) is 3.73. The molecule has 1 fully saturated rings. The minimum absolute atomic E-state index is 0.0481.